The second kappa shape index (κ2) is 6.15. The molecular weight excluding hydrogens is 349 g/mol. The summed E-state index contributed by atoms with van der Waals surface area (Å²) < 4.78 is 19.5. The maximum atomic E-state index is 13.5. The first-order chi connectivity index (χ1) is 9.49. The number of primary amides is 1. The van der Waals surface area contributed by atoms with Crippen LogP contribution in [0, 0.1) is 5.82 Å². The number of rotatable bonds is 5. The number of carbonyl (C=O) groups is 2. The van der Waals surface area contributed by atoms with Gasteiger partial charge in [-0.15, -0.1) is 11.3 Å². The molecule has 1 amide bonds. The molecule has 0 atom stereocenters. The smallest absolute Gasteiger partial charge is 0.255 e. The van der Waals surface area contributed by atoms with E-state index in [-0.39, 0.29) is 23.7 Å². The Morgan fingerprint density at radius 3 is 2.65 bits per heavy atom. The van der Waals surface area contributed by atoms with Gasteiger partial charge in [-0.3, -0.25) is 9.59 Å². The summed E-state index contributed by atoms with van der Waals surface area (Å²) in [6, 6.07) is 7.27. The van der Waals surface area contributed by atoms with Gasteiger partial charge < -0.3 is 10.5 Å². The highest BCUT2D eigenvalue weighted by molar-refractivity contribution is 9.11. The van der Waals surface area contributed by atoms with Crippen molar-refractivity contribution >= 4 is 39.0 Å². The lowest BCUT2D eigenvalue weighted by Crippen LogP contribution is -2.17. The van der Waals surface area contributed by atoms with Crippen LogP contribution in [-0.4, -0.2) is 18.3 Å². The molecule has 0 aliphatic carbocycles. The van der Waals surface area contributed by atoms with Crippen molar-refractivity contribution in [3.05, 3.63) is 50.4 Å². The second-order valence-corrected chi connectivity index (χ2v) is 6.26. The summed E-state index contributed by atoms with van der Waals surface area (Å²) in [7, 11) is 0. The zero-order valence-electron chi connectivity index (χ0n) is 10.1. The lowest BCUT2D eigenvalue weighted by atomic mass is 10.2. The molecule has 1 aromatic carbocycles. The Bertz CT molecular complexity index is 671. The first kappa shape index (κ1) is 14.7. The van der Waals surface area contributed by atoms with Gasteiger partial charge in [-0.05, 0) is 40.2 Å². The van der Waals surface area contributed by atoms with E-state index in [1.54, 1.807) is 12.1 Å². The largest absolute Gasteiger partial charge is 0.484 e. The Morgan fingerprint density at radius 2 is 2.05 bits per heavy atom. The van der Waals surface area contributed by atoms with E-state index in [0.29, 0.717) is 4.88 Å². The molecule has 2 rings (SSSR count). The van der Waals surface area contributed by atoms with Gasteiger partial charge in [0.15, 0.2) is 6.61 Å². The lowest BCUT2D eigenvalue weighted by molar-refractivity contribution is 0.0914. The summed E-state index contributed by atoms with van der Waals surface area (Å²) in [5, 5.41) is 0. The molecule has 0 saturated heterocycles. The van der Waals surface area contributed by atoms with Gasteiger partial charge in [0.25, 0.3) is 5.91 Å². The third kappa shape index (κ3) is 3.23. The molecule has 4 nitrogen and oxygen atoms in total. The minimum Gasteiger partial charge on any atom is -0.484 e. The van der Waals surface area contributed by atoms with Crippen LogP contribution in [0.4, 0.5) is 4.39 Å². The third-order valence-electron chi connectivity index (χ3n) is 2.43. The number of amides is 1. The van der Waals surface area contributed by atoms with Crippen molar-refractivity contribution in [2.75, 3.05) is 6.61 Å². The Morgan fingerprint density at radius 1 is 1.30 bits per heavy atom. The van der Waals surface area contributed by atoms with Crippen LogP contribution < -0.4 is 10.5 Å². The zero-order chi connectivity index (χ0) is 14.7. The summed E-state index contributed by atoms with van der Waals surface area (Å²) >= 11 is 4.52. The molecule has 0 radical (unpaired) electrons. The van der Waals surface area contributed by atoms with Gasteiger partial charge in [-0.2, -0.15) is 0 Å². The average Bonchev–Trinajstić information content (AvgIpc) is 2.82. The van der Waals surface area contributed by atoms with E-state index in [2.05, 4.69) is 15.9 Å². The molecule has 0 aliphatic heterocycles. The molecule has 0 bridgehead atoms. The predicted molar refractivity (Wildman–Crippen MR) is 76.8 cm³/mol. The van der Waals surface area contributed by atoms with Gasteiger partial charge in [0.1, 0.15) is 17.1 Å². The average molecular weight is 358 g/mol. The molecular formula is C13H9BrFNO3S. The van der Waals surface area contributed by atoms with Gasteiger partial charge in [0.05, 0.1) is 8.66 Å². The fraction of sp³-hybridized carbons (Fsp3) is 0.0769. The van der Waals surface area contributed by atoms with Crippen LogP contribution in [0.1, 0.15) is 20.0 Å². The van der Waals surface area contributed by atoms with Crippen molar-refractivity contribution in [2.45, 2.75) is 0 Å². The number of ketones is 1. The Labute approximate surface area is 126 Å². The van der Waals surface area contributed by atoms with Crippen molar-refractivity contribution < 1.29 is 18.7 Å². The molecule has 2 aromatic rings. The molecule has 104 valence electrons. The van der Waals surface area contributed by atoms with Crippen LogP contribution in [-0.2, 0) is 0 Å². The first-order valence-electron chi connectivity index (χ1n) is 5.48. The number of hydrogen-bond acceptors (Lipinski definition) is 4. The van der Waals surface area contributed by atoms with Crippen LogP contribution >= 0.6 is 27.3 Å². The second-order valence-electron chi connectivity index (χ2n) is 3.79. The molecule has 1 aromatic heterocycles. The van der Waals surface area contributed by atoms with E-state index < -0.39 is 11.7 Å². The topological polar surface area (TPSA) is 69.4 Å². The van der Waals surface area contributed by atoms with Crippen LogP contribution in [0.2, 0.25) is 0 Å². The summed E-state index contributed by atoms with van der Waals surface area (Å²) in [4.78, 5) is 23.5. The highest BCUT2D eigenvalue weighted by atomic mass is 79.9. The summed E-state index contributed by atoms with van der Waals surface area (Å²) in [5.74, 6) is -2.02. The number of Topliss-reactive ketones (excluding diaryl/α,β-unsaturated/α-hetero) is 1. The standard InChI is InChI=1S/C13H9BrFNO3S/c14-11-5-4-10(20-11)8(17)6-19-9-3-1-2-7(15)12(9)13(16)18/h1-5H,6H2,(H2,16,18). The summed E-state index contributed by atoms with van der Waals surface area (Å²) in [6.07, 6.45) is 0. The van der Waals surface area contributed by atoms with Crippen LogP contribution in [0.5, 0.6) is 5.75 Å². The van der Waals surface area contributed by atoms with E-state index in [1.807, 2.05) is 0 Å². The maximum Gasteiger partial charge on any atom is 0.255 e. The lowest BCUT2D eigenvalue weighted by Gasteiger charge is -2.09. The fourth-order valence-electron chi connectivity index (χ4n) is 1.54. The maximum absolute atomic E-state index is 13.5. The third-order valence-corrected chi connectivity index (χ3v) is 4.09. The van der Waals surface area contributed by atoms with Gasteiger partial charge in [0.2, 0.25) is 5.78 Å². The van der Waals surface area contributed by atoms with Crippen molar-refractivity contribution in [3.63, 3.8) is 0 Å². The number of halogens is 2. The number of hydrogen-bond donors (Lipinski definition) is 1. The van der Waals surface area contributed by atoms with Gasteiger partial charge >= 0.3 is 0 Å². The molecule has 20 heavy (non-hydrogen) atoms. The summed E-state index contributed by atoms with van der Waals surface area (Å²) in [6.45, 7) is -0.295. The molecule has 0 unspecified atom stereocenters. The number of benzene rings is 1. The van der Waals surface area contributed by atoms with Crippen LogP contribution in [0.3, 0.4) is 0 Å². The molecule has 1 heterocycles. The van der Waals surface area contributed by atoms with Crippen molar-refractivity contribution in [1.29, 1.82) is 0 Å². The Hall–Kier alpha value is -1.73. The number of carbonyl (C=O) groups excluding carboxylic acids is 2. The van der Waals surface area contributed by atoms with Crippen molar-refractivity contribution in [3.8, 4) is 5.75 Å². The SMILES string of the molecule is NC(=O)c1c(F)cccc1OCC(=O)c1ccc(Br)s1. The zero-order valence-corrected chi connectivity index (χ0v) is 12.5. The Kier molecular flexibility index (Phi) is 4.51. The van der Waals surface area contributed by atoms with E-state index in [9.17, 15) is 14.0 Å². The predicted octanol–water partition coefficient (Wildman–Crippen LogP) is 3.01. The normalized spacial score (nSPS) is 10.3. The van der Waals surface area contributed by atoms with Gasteiger partial charge in [-0.25, -0.2) is 4.39 Å². The van der Waals surface area contributed by atoms with E-state index >= 15 is 0 Å². The number of ether oxygens (including phenoxy) is 1. The van der Waals surface area contributed by atoms with Crippen molar-refractivity contribution in [2.24, 2.45) is 5.73 Å². The minimum atomic E-state index is -0.940. The van der Waals surface area contributed by atoms with Crippen molar-refractivity contribution in [1.82, 2.24) is 0 Å². The Balaban J connectivity index is 2.13. The first-order valence-corrected chi connectivity index (χ1v) is 7.09. The van der Waals surface area contributed by atoms with Crippen LogP contribution in [0.15, 0.2) is 34.1 Å². The molecule has 0 fully saturated rings. The van der Waals surface area contributed by atoms with E-state index in [0.717, 1.165) is 9.85 Å². The molecule has 2 N–H and O–H groups in total. The monoisotopic (exact) mass is 357 g/mol. The molecule has 0 aliphatic rings. The van der Waals surface area contributed by atoms with Gasteiger partial charge in [0, 0.05) is 0 Å². The number of thiophene rings is 1. The number of nitrogens with two attached hydrogens (primary N) is 1. The van der Waals surface area contributed by atoms with E-state index in [1.165, 1.54) is 23.5 Å². The van der Waals surface area contributed by atoms with E-state index in [4.69, 9.17) is 10.5 Å². The molecule has 0 spiro atoms. The quantitative estimate of drug-likeness (QED) is 0.836. The highest BCUT2D eigenvalue weighted by Gasteiger charge is 2.17. The van der Waals surface area contributed by atoms with Crippen LogP contribution in [0.25, 0.3) is 0 Å². The molecule has 0 saturated carbocycles. The summed E-state index contributed by atoms with van der Waals surface area (Å²) in [5.41, 5.74) is 4.73. The molecule has 7 heteroatoms. The minimum absolute atomic E-state index is 0.0403. The van der Waals surface area contributed by atoms with Gasteiger partial charge in [-0.1, -0.05) is 6.07 Å². The highest BCUT2D eigenvalue weighted by Crippen LogP contribution is 2.24. The fourth-order valence-corrected chi connectivity index (χ4v) is 2.85.